The van der Waals surface area contributed by atoms with Gasteiger partial charge in [-0.15, -0.1) is 0 Å². The molecule has 1 aliphatic carbocycles. The fourth-order valence-electron chi connectivity index (χ4n) is 2.84. The predicted molar refractivity (Wildman–Crippen MR) is 108 cm³/mol. The molecule has 7 heteroatoms. The molecule has 1 saturated carbocycles. The third kappa shape index (κ3) is 4.87. The monoisotopic (exact) mass is 387 g/mol. The van der Waals surface area contributed by atoms with E-state index in [9.17, 15) is 13.2 Å². The Kier molecular flexibility index (Phi) is 5.82. The van der Waals surface area contributed by atoms with Gasteiger partial charge in [-0.3, -0.25) is 4.79 Å². The molecule has 0 saturated heterocycles. The number of hydrogen-bond acceptors (Lipinski definition) is 4. The molecule has 0 bridgehead atoms. The SMILES string of the molecule is CCN(CC)c1ccc(NC(=O)c2cccc(S(=O)(=O)NC3CC3)c2)cc1. The second-order valence-electron chi connectivity index (χ2n) is 6.60. The van der Waals surface area contributed by atoms with Crippen LogP contribution in [0, 0.1) is 0 Å². The Labute approximate surface area is 160 Å². The van der Waals surface area contributed by atoms with Crippen molar-refractivity contribution in [2.45, 2.75) is 37.6 Å². The summed E-state index contributed by atoms with van der Waals surface area (Å²) >= 11 is 0. The van der Waals surface area contributed by atoms with Crippen LogP contribution >= 0.6 is 0 Å². The standard InChI is InChI=1S/C20H25N3O3S/c1-3-23(4-2)18-12-10-16(11-13-18)21-20(24)15-6-5-7-19(14-15)27(25,26)22-17-8-9-17/h5-7,10-14,17,22H,3-4,8-9H2,1-2H3,(H,21,24). The number of carbonyl (C=O) groups is 1. The van der Waals surface area contributed by atoms with Crippen molar-refractivity contribution < 1.29 is 13.2 Å². The molecular weight excluding hydrogens is 362 g/mol. The zero-order valence-electron chi connectivity index (χ0n) is 15.6. The number of benzene rings is 2. The average molecular weight is 388 g/mol. The molecule has 0 heterocycles. The van der Waals surface area contributed by atoms with Crippen LogP contribution in [0.3, 0.4) is 0 Å². The zero-order chi connectivity index (χ0) is 19.4. The lowest BCUT2D eigenvalue weighted by Crippen LogP contribution is -2.26. The van der Waals surface area contributed by atoms with Crippen molar-refractivity contribution in [2.24, 2.45) is 0 Å². The number of carbonyl (C=O) groups excluding carboxylic acids is 1. The quantitative estimate of drug-likeness (QED) is 0.729. The van der Waals surface area contributed by atoms with E-state index in [0.29, 0.717) is 11.3 Å². The van der Waals surface area contributed by atoms with Crippen molar-refractivity contribution in [1.29, 1.82) is 0 Å². The number of anilines is 2. The minimum Gasteiger partial charge on any atom is -0.372 e. The molecule has 0 unspecified atom stereocenters. The van der Waals surface area contributed by atoms with Gasteiger partial charge in [0.2, 0.25) is 10.0 Å². The fourth-order valence-corrected chi connectivity index (χ4v) is 4.19. The predicted octanol–water partition coefficient (Wildman–Crippen LogP) is 3.23. The summed E-state index contributed by atoms with van der Waals surface area (Å²) in [4.78, 5) is 14.8. The van der Waals surface area contributed by atoms with Gasteiger partial charge in [0.1, 0.15) is 0 Å². The number of sulfonamides is 1. The normalized spacial score (nSPS) is 14.0. The van der Waals surface area contributed by atoms with Gasteiger partial charge in [0.15, 0.2) is 0 Å². The average Bonchev–Trinajstić information content (AvgIpc) is 3.47. The van der Waals surface area contributed by atoms with Crippen molar-refractivity contribution in [1.82, 2.24) is 4.72 Å². The Morgan fingerprint density at radius 1 is 1.07 bits per heavy atom. The molecule has 3 rings (SSSR count). The molecule has 2 aromatic rings. The lowest BCUT2D eigenvalue weighted by atomic mass is 10.2. The van der Waals surface area contributed by atoms with E-state index in [1.807, 2.05) is 24.3 Å². The Morgan fingerprint density at radius 2 is 1.74 bits per heavy atom. The maximum atomic E-state index is 12.5. The summed E-state index contributed by atoms with van der Waals surface area (Å²) < 4.78 is 27.3. The Morgan fingerprint density at radius 3 is 2.33 bits per heavy atom. The molecule has 2 aromatic carbocycles. The lowest BCUT2D eigenvalue weighted by molar-refractivity contribution is 0.102. The molecular formula is C20H25N3O3S. The molecule has 0 spiro atoms. The van der Waals surface area contributed by atoms with Crippen LogP contribution in [-0.4, -0.2) is 33.5 Å². The van der Waals surface area contributed by atoms with Gasteiger partial charge in [-0.05, 0) is 69.2 Å². The number of nitrogens with zero attached hydrogens (tertiary/aromatic N) is 1. The highest BCUT2D eigenvalue weighted by Crippen LogP contribution is 2.23. The van der Waals surface area contributed by atoms with E-state index >= 15 is 0 Å². The summed E-state index contributed by atoms with van der Waals surface area (Å²) in [5.74, 6) is -0.339. The van der Waals surface area contributed by atoms with Crippen molar-refractivity contribution in [3.63, 3.8) is 0 Å². The van der Waals surface area contributed by atoms with Gasteiger partial charge < -0.3 is 10.2 Å². The first-order valence-electron chi connectivity index (χ1n) is 9.21. The van der Waals surface area contributed by atoms with E-state index in [4.69, 9.17) is 0 Å². The molecule has 1 fully saturated rings. The first-order valence-corrected chi connectivity index (χ1v) is 10.7. The van der Waals surface area contributed by atoms with Crippen molar-refractivity contribution in [3.05, 3.63) is 54.1 Å². The van der Waals surface area contributed by atoms with E-state index in [0.717, 1.165) is 31.6 Å². The highest BCUT2D eigenvalue weighted by Gasteiger charge is 2.28. The first-order chi connectivity index (χ1) is 12.9. The van der Waals surface area contributed by atoms with E-state index in [1.165, 1.54) is 12.1 Å². The second-order valence-corrected chi connectivity index (χ2v) is 8.31. The van der Waals surface area contributed by atoms with Gasteiger partial charge in [-0.1, -0.05) is 6.07 Å². The van der Waals surface area contributed by atoms with Crippen molar-refractivity contribution >= 4 is 27.3 Å². The molecule has 27 heavy (non-hydrogen) atoms. The molecule has 2 N–H and O–H groups in total. The topological polar surface area (TPSA) is 78.5 Å². The number of nitrogens with one attached hydrogen (secondary N) is 2. The van der Waals surface area contributed by atoms with Crippen molar-refractivity contribution in [2.75, 3.05) is 23.3 Å². The third-order valence-electron chi connectivity index (χ3n) is 4.56. The Bertz CT molecular complexity index is 902. The van der Waals surface area contributed by atoms with Gasteiger partial charge in [0, 0.05) is 36.1 Å². The summed E-state index contributed by atoms with van der Waals surface area (Å²) in [6, 6.07) is 13.7. The number of hydrogen-bond donors (Lipinski definition) is 2. The molecule has 0 atom stereocenters. The maximum Gasteiger partial charge on any atom is 0.255 e. The smallest absolute Gasteiger partial charge is 0.255 e. The van der Waals surface area contributed by atoms with Crippen LogP contribution < -0.4 is 14.9 Å². The fraction of sp³-hybridized carbons (Fsp3) is 0.350. The van der Waals surface area contributed by atoms with Crippen LogP contribution in [0.5, 0.6) is 0 Å². The van der Waals surface area contributed by atoms with Crippen LogP contribution in [0.25, 0.3) is 0 Å². The van der Waals surface area contributed by atoms with E-state index in [-0.39, 0.29) is 16.8 Å². The van der Waals surface area contributed by atoms with Crippen LogP contribution in [0.15, 0.2) is 53.4 Å². The van der Waals surface area contributed by atoms with Gasteiger partial charge in [-0.25, -0.2) is 13.1 Å². The number of rotatable bonds is 8. The van der Waals surface area contributed by atoms with E-state index in [1.54, 1.807) is 12.1 Å². The molecule has 144 valence electrons. The minimum atomic E-state index is -3.58. The highest BCUT2D eigenvalue weighted by molar-refractivity contribution is 7.89. The molecule has 1 aliphatic rings. The molecule has 0 aromatic heterocycles. The summed E-state index contributed by atoms with van der Waals surface area (Å²) in [5.41, 5.74) is 2.07. The summed E-state index contributed by atoms with van der Waals surface area (Å²) in [6.45, 7) is 6.02. The summed E-state index contributed by atoms with van der Waals surface area (Å²) in [5, 5.41) is 2.82. The molecule has 0 aliphatic heterocycles. The maximum absolute atomic E-state index is 12.5. The summed E-state index contributed by atoms with van der Waals surface area (Å²) in [6.07, 6.45) is 1.73. The number of amides is 1. The van der Waals surface area contributed by atoms with Gasteiger partial charge >= 0.3 is 0 Å². The molecule has 1 amide bonds. The van der Waals surface area contributed by atoms with Gasteiger partial charge in [0.05, 0.1) is 4.90 Å². The van der Waals surface area contributed by atoms with Gasteiger partial charge in [-0.2, -0.15) is 0 Å². The van der Waals surface area contributed by atoms with Crippen LogP contribution in [0.1, 0.15) is 37.0 Å². The summed E-state index contributed by atoms with van der Waals surface area (Å²) in [7, 11) is -3.58. The second kappa shape index (κ2) is 8.10. The molecule has 0 radical (unpaired) electrons. The van der Waals surface area contributed by atoms with E-state index < -0.39 is 10.0 Å². The van der Waals surface area contributed by atoms with Crippen LogP contribution in [-0.2, 0) is 10.0 Å². The highest BCUT2D eigenvalue weighted by atomic mass is 32.2. The van der Waals surface area contributed by atoms with E-state index in [2.05, 4.69) is 28.8 Å². The van der Waals surface area contributed by atoms with Crippen LogP contribution in [0.2, 0.25) is 0 Å². The Hall–Kier alpha value is -2.38. The first kappa shape index (κ1) is 19.4. The Balaban J connectivity index is 1.72. The minimum absolute atomic E-state index is 0.0248. The molecule has 6 nitrogen and oxygen atoms in total. The van der Waals surface area contributed by atoms with Gasteiger partial charge in [0.25, 0.3) is 5.91 Å². The van der Waals surface area contributed by atoms with Crippen molar-refractivity contribution in [3.8, 4) is 0 Å². The third-order valence-corrected chi connectivity index (χ3v) is 6.08. The largest absolute Gasteiger partial charge is 0.372 e. The van der Waals surface area contributed by atoms with Crippen LogP contribution in [0.4, 0.5) is 11.4 Å². The lowest BCUT2D eigenvalue weighted by Gasteiger charge is -2.21. The zero-order valence-corrected chi connectivity index (χ0v) is 16.4.